The van der Waals surface area contributed by atoms with Crippen molar-refractivity contribution in [2.75, 3.05) is 17.2 Å². The lowest BCUT2D eigenvalue weighted by atomic mass is 10.2. The minimum Gasteiger partial charge on any atom is -0.488 e. The quantitative estimate of drug-likeness (QED) is 0.704. The van der Waals surface area contributed by atoms with Crippen LogP contribution in [0.25, 0.3) is 0 Å². The number of carbonyl (C=O) groups is 1. The Labute approximate surface area is 156 Å². The molecule has 7 heteroatoms. The summed E-state index contributed by atoms with van der Waals surface area (Å²) in [5, 5.41) is 5.62. The maximum Gasteiger partial charge on any atom is 0.387 e. The van der Waals surface area contributed by atoms with E-state index in [9.17, 15) is 13.6 Å². The van der Waals surface area contributed by atoms with Gasteiger partial charge in [0, 0.05) is 0 Å². The largest absolute Gasteiger partial charge is 0.488 e. The molecule has 0 aliphatic heterocycles. The molecule has 0 atom stereocenters. The van der Waals surface area contributed by atoms with Gasteiger partial charge in [-0.05, 0) is 49.9 Å². The average molecular weight is 376 g/mol. The number of hydrogen-bond acceptors (Lipinski definition) is 4. The number of halogens is 2. The average Bonchev–Trinajstić information content (AvgIpc) is 3.15. The van der Waals surface area contributed by atoms with Gasteiger partial charge in [0.1, 0.15) is 11.5 Å². The summed E-state index contributed by atoms with van der Waals surface area (Å²) >= 11 is 0. The first-order valence-corrected chi connectivity index (χ1v) is 8.95. The van der Waals surface area contributed by atoms with Gasteiger partial charge in [0.25, 0.3) is 0 Å². The maximum atomic E-state index is 12.5. The van der Waals surface area contributed by atoms with E-state index < -0.39 is 6.61 Å². The van der Waals surface area contributed by atoms with Crippen LogP contribution in [0.5, 0.6) is 11.5 Å². The highest BCUT2D eigenvalue weighted by atomic mass is 19.3. The highest BCUT2D eigenvalue weighted by Gasteiger charge is 2.18. The zero-order chi connectivity index (χ0) is 19.1. The van der Waals surface area contributed by atoms with Gasteiger partial charge in [0.05, 0.1) is 24.0 Å². The molecule has 0 heterocycles. The van der Waals surface area contributed by atoms with Crippen molar-refractivity contribution in [3.63, 3.8) is 0 Å². The number of carbonyl (C=O) groups excluding carboxylic acids is 1. The van der Waals surface area contributed by atoms with Crippen molar-refractivity contribution in [3.8, 4) is 11.5 Å². The highest BCUT2D eigenvalue weighted by molar-refractivity contribution is 5.95. The molecule has 1 amide bonds. The lowest BCUT2D eigenvalue weighted by molar-refractivity contribution is -0.114. The molecular weight excluding hydrogens is 354 g/mol. The number of benzene rings is 2. The Kier molecular flexibility index (Phi) is 6.46. The molecule has 2 aromatic rings. The van der Waals surface area contributed by atoms with E-state index in [1.54, 1.807) is 12.1 Å². The van der Waals surface area contributed by atoms with Crippen molar-refractivity contribution in [2.45, 2.75) is 38.4 Å². The Balaban J connectivity index is 1.58. The molecule has 0 saturated heterocycles. The van der Waals surface area contributed by atoms with Crippen LogP contribution in [0.15, 0.2) is 48.5 Å². The molecule has 1 aliphatic rings. The minimum atomic E-state index is -2.96. The van der Waals surface area contributed by atoms with Crippen molar-refractivity contribution < 1.29 is 23.0 Å². The van der Waals surface area contributed by atoms with Gasteiger partial charge in [-0.3, -0.25) is 4.79 Å². The van der Waals surface area contributed by atoms with Crippen molar-refractivity contribution in [2.24, 2.45) is 0 Å². The van der Waals surface area contributed by atoms with E-state index in [2.05, 4.69) is 15.4 Å². The van der Waals surface area contributed by atoms with Gasteiger partial charge >= 0.3 is 6.61 Å². The molecule has 27 heavy (non-hydrogen) atoms. The second-order valence-electron chi connectivity index (χ2n) is 6.30. The second-order valence-corrected chi connectivity index (χ2v) is 6.30. The van der Waals surface area contributed by atoms with E-state index in [4.69, 9.17) is 4.74 Å². The fraction of sp³-hybridized carbons (Fsp3) is 0.350. The maximum absolute atomic E-state index is 12.5. The smallest absolute Gasteiger partial charge is 0.387 e. The summed E-state index contributed by atoms with van der Waals surface area (Å²) in [5.74, 6) is 0.250. The fourth-order valence-corrected chi connectivity index (χ4v) is 3.04. The lowest BCUT2D eigenvalue weighted by Crippen LogP contribution is -2.23. The molecule has 144 valence electrons. The van der Waals surface area contributed by atoms with Gasteiger partial charge in [-0.25, -0.2) is 0 Å². The van der Waals surface area contributed by atoms with Gasteiger partial charge in [-0.1, -0.05) is 24.3 Å². The number of para-hydroxylation sites is 4. The first-order valence-electron chi connectivity index (χ1n) is 8.95. The van der Waals surface area contributed by atoms with Crippen molar-refractivity contribution >= 4 is 17.3 Å². The summed E-state index contributed by atoms with van der Waals surface area (Å²) in [6.07, 6.45) is 4.62. The second kappa shape index (κ2) is 9.21. The van der Waals surface area contributed by atoms with Gasteiger partial charge < -0.3 is 20.1 Å². The number of amides is 1. The first kappa shape index (κ1) is 18.9. The zero-order valence-corrected chi connectivity index (χ0v) is 14.8. The Morgan fingerprint density at radius 2 is 1.63 bits per heavy atom. The number of rotatable bonds is 8. The van der Waals surface area contributed by atoms with Gasteiger partial charge in [-0.2, -0.15) is 8.78 Å². The molecule has 3 rings (SSSR count). The molecule has 0 spiro atoms. The predicted octanol–water partition coefficient (Wildman–Crippen LogP) is 4.66. The SMILES string of the molecule is O=C(CNc1ccccc1OC1CCCC1)Nc1ccccc1OC(F)F. The Hall–Kier alpha value is -2.83. The van der Waals surface area contributed by atoms with Gasteiger partial charge in [0.15, 0.2) is 0 Å². The van der Waals surface area contributed by atoms with Crippen LogP contribution >= 0.6 is 0 Å². The number of nitrogens with one attached hydrogen (secondary N) is 2. The van der Waals surface area contributed by atoms with E-state index in [-0.39, 0.29) is 30.0 Å². The summed E-state index contributed by atoms with van der Waals surface area (Å²) in [6.45, 7) is -2.99. The number of hydrogen-bond donors (Lipinski definition) is 2. The third-order valence-electron chi connectivity index (χ3n) is 4.30. The molecule has 1 aliphatic carbocycles. The van der Waals surface area contributed by atoms with E-state index in [0.717, 1.165) is 18.5 Å². The summed E-state index contributed by atoms with van der Waals surface area (Å²) in [7, 11) is 0. The molecule has 0 radical (unpaired) electrons. The summed E-state index contributed by atoms with van der Waals surface area (Å²) in [5.41, 5.74) is 0.914. The van der Waals surface area contributed by atoms with Crippen LogP contribution in [-0.4, -0.2) is 25.2 Å². The van der Waals surface area contributed by atoms with Crippen molar-refractivity contribution in [1.82, 2.24) is 0 Å². The molecule has 2 N–H and O–H groups in total. The van der Waals surface area contributed by atoms with E-state index in [1.807, 2.05) is 24.3 Å². The summed E-state index contributed by atoms with van der Waals surface area (Å²) in [4.78, 5) is 12.2. The molecule has 0 bridgehead atoms. The third-order valence-corrected chi connectivity index (χ3v) is 4.30. The minimum absolute atomic E-state index is 0.0337. The van der Waals surface area contributed by atoms with Crippen LogP contribution < -0.4 is 20.1 Å². The molecule has 0 aromatic heterocycles. The van der Waals surface area contributed by atoms with Crippen LogP contribution in [0.4, 0.5) is 20.2 Å². The monoisotopic (exact) mass is 376 g/mol. The van der Waals surface area contributed by atoms with E-state index in [1.165, 1.54) is 25.0 Å². The van der Waals surface area contributed by atoms with Gasteiger partial charge in [0.2, 0.25) is 5.91 Å². The molecule has 1 fully saturated rings. The van der Waals surface area contributed by atoms with Crippen LogP contribution in [-0.2, 0) is 4.79 Å². The Bertz CT molecular complexity index is 764. The topological polar surface area (TPSA) is 59.6 Å². The Morgan fingerprint density at radius 3 is 2.33 bits per heavy atom. The van der Waals surface area contributed by atoms with Crippen LogP contribution in [0.2, 0.25) is 0 Å². The fourth-order valence-electron chi connectivity index (χ4n) is 3.04. The van der Waals surface area contributed by atoms with Gasteiger partial charge in [-0.15, -0.1) is 0 Å². The van der Waals surface area contributed by atoms with Crippen molar-refractivity contribution in [1.29, 1.82) is 0 Å². The van der Waals surface area contributed by atoms with E-state index >= 15 is 0 Å². The third kappa shape index (κ3) is 5.57. The first-order chi connectivity index (χ1) is 13.1. The number of ether oxygens (including phenoxy) is 2. The van der Waals surface area contributed by atoms with E-state index in [0.29, 0.717) is 5.75 Å². The number of alkyl halides is 2. The standard InChI is InChI=1S/C20H22F2N2O3/c21-20(22)27-18-12-6-4-10-16(18)24-19(25)13-23-15-9-3-5-11-17(15)26-14-7-1-2-8-14/h3-6,9-12,14,20,23H,1-2,7-8,13H2,(H,24,25). The number of anilines is 2. The molecule has 5 nitrogen and oxygen atoms in total. The molecule has 0 unspecified atom stereocenters. The molecule has 1 saturated carbocycles. The zero-order valence-electron chi connectivity index (χ0n) is 14.8. The molecule has 2 aromatic carbocycles. The lowest BCUT2D eigenvalue weighted by Gasteiger charge is -2.17. The van der Waals surface area contributed by atoms with Crippen LogP contribution in [0.1, 0.15) is 25.7 Å². The predicted molar refractivity (Wildman–Crippen MR) is 99.5 cm³/mol. The highest BCUT2D eigenvalue weighted by Crippen LogP contribution is 2.30. The summed E-state index contributed by atoms with van der Waals surface area (Å²) < 4.78 is 35.4. The van der Waals surface area contributed by atoms with Crippen LogP contribution in [0.3, 0.4) is 0 Å². The summed E-state index contributed by atoms with van der Waals surface area (Å²) in [6, 6.07) is 13.5. The normalized spacial score (nSPS) is 14.2. The Morgan fingerprint density at radius 1 is 1.00 bits per heavy atom. The van der Waals surface area contributed by atoms with Crippen molar-refractivity contribution in [3.05, 3.63) is 48.5 Å². The van der Waals surface area contributed by atoms with Crippen LogP contribution in [0, 0.1) is 0 Å². The molecular formula is C20H22F2N2O3.